The number of rotatable bonds is 5. The highest BCUT2D eigenvalue weighted by Gasteiger charge is 2.19. The minimum atomic E-state index is -3.94. The molecule has 0 atom stereocenters. The second kappa shape index (κ2) is 5.88. The maximum atomic E-state index is 13.3. The predicted octanol–water partition coefficient (Wildman–Crippen LogP) is 1.77. The number of aryl methyl sites for hydroxylation is 1. The van der Waals surface area contributed by atoms with E-state index in [4.69, 9.17) is 5.11 Å². The molecule has 0 saturated heterocycles. The summed E-state index contributed by atoms with van der Waals surface area (Å²) < 4.78 is 39.7. The molecule has 0 bridgehead atoms. The number of sulfonamides is 1. The quantitative estimate of drug-likeness (QED) is 0.871. The van der Waals surface area contributed by atoms with E-state index in [1.54, 1.807) is 12.3 Å². The number of carboxylic acid groups (broad SMARTS) is 1. The van der Waals surface area contributed by atoms with Gasteiger partial charge in [0.05, 0.1) is 17.0 Å². The number of nitrogens with one attached hydrogen (secondary N) is 1. The first kappa shape index (κ1) is 15.5. The molecule has 2 N–H and O–H groups in total. The van der Waals surface area contributed by atoms with Crippen LogP contribution in [0.2, 0.25) is 0 Å². The van der Waals surface area contributed by atoms with Crippen molar-refractivity contribution >= 4 is 27.3 Å². The molecule has 0 aliphatic heterocycles. The van der Waals surface area contributed by atoms with Crippen molar-refractivity contribution in [3.05, 3.63) is 45.7 Å². The van der Waals surface area contributed by atoms with Crippen LogP contribution >= 0.6 is 11.3 Å². The second-order valence-electron chi connectivity index (χ2n) is 4.15. The Balaban J connectivity index is 2.23. The molecule has 0 radical (unpaired) electrons. The zero-order valence-corrected chi connectivity index (χ0v) is 12.5. The zero-order valence-electron chi connectivity index (χ0n) is 10.8. The number of halogens is 1. The highest BCUT2D eigenvalue weighted by Crippen LogP contribution is 2.16. The fourth-order valence-electron chi connectivity index (χ4n) is 1.56. The SMILES string of the molecule is Cc1csc(CNS(=O)(=O)c2ccc(F)c(C(=O)O)c2)n1. The second-order valence-corrected chi connectivity index (χ2v) is 6.86. The minimum absolute atomic E-state index is 0.0133. The summed E-state index contributed by atoms with van der Waals surface area (Å²) in [6.07, 6.45) is 0. The van der Waals surface area contributed by atoms with Gasteiger partial charge >= 0.3 is 5.97 Å². The van der Waals surface area contributed by atoms with Crippen LogP contribution in [-0.2, 0) is 16.6 Å². The summed E-state index contributed by atoms with van der Waals surface area (Å²) in [6, 6.07) is 2.61. The van der Waals surface area contributed by atoms with E-state index in [0.717, 1.165) is 23.9 Å². The van der Waals surface area contributed by atoms with Gasteiger partial charge in [-0.15, -0.1) is 11.3 Å². The Bertz CT molecular complexity index is 786. The van der Waals surface area contributed by atoms with Crippen molar-refractivity contribution in [1.82, 2.24) is 9.71 Å². The Morgan fingerprint density at radius 1 is 1.48 bits per heavy atom. The highest BCUT2D eigenvalue weighted by molar-refractivity contribution is 7.89. The van der Waals surface area contributed by atoms with Crippen LogP contribution in [0.1, 0.15) is 21.1 Å². The molecule has 0 aliphatic carbocycles. The Morgan fingerprint density at radius 2 is 2.19 bits per heavy atom. The van der Waals surface area contributed by atoms with E-state index in [0.29, 0.717) is 5.01 Å². The summed E-state index contributed by atoms with van der Waals surface area (Å²) >= 11 is 1.30. The molecule has 0 unspecified atom stereocenters. The predicted molar refractivity (Wildman–Crippen MR) is 74.2 cm³/mol. The molecule has 1 heterocycles. The molecule has 112 valence electrons. The summed E-state index contributed by atoms with van der Waals surface area (Å²) in [5.74, 6) is -2.52. The van der Waals surface area contributed by atoms with Gasteiger partial charge in [0.25, 0.3) is 0 Å². The molecule has 0 saturated carbocycles. The van der Waals surface area contributed by atoms with Gasteiger partial charge in [0.15, 0.2) is 0 Å². The van der Waals surface area contributed by atoms with Crippen LogP contribution in [0.4, 0.5) is 4.39 Å². The lowest BCUT2D eigenvalue weighted by Gasteiger charge is -2.06. The number of hydrogen-bond donors (Lipinski definition) is 2. The molecule has 0 aliphatic rings. The Morgan fingerprint density at radius 3 is 2.76 bits per heavy atom. The number of nitrogens with zero attached hydrogens (tertiary/aromatic N) is 1. The maximum absolute atomic E-state index is 13.3. The summed E-state index contributed by atoms with van der Waals surface area (Å²) in [5, 5.41) is 11.2. The van der Waals surface area contributed by atoms with Crippen molar-refractivity contribution in [2.75, 3.05) is 0 Å². The van der Waals surface area contributed by atoms with Gasteiger partial charge in [-0.1, -0.05) is 0 Å². The first-order valence-corrected chi connectivity index (χ1v) is 8.09. The van der Waals surface area contributed by atoms with Gasteiger partial charge in [-0.3, -0.25) is 0 Å². The van der Waals surface area contributed by atoms with E-state index in [1.807, 2.05) is 0 Å². The Kier molecular flexibility index (Phi) is 4.35. The summed E-state index contributed by atoms with van der Waals surface area (Å²) in [5.41, 5.74) is 0.0899. The van der Waals surface area contributed by atoms with Crippen LogP contribution in [0.3, 0.4) is 0 Å². The third kappa shape index (κ3) is 3.63. The molecule has 1 aromatic heterocycles. The smallest absolute Gasteiger partial charge is 0.338 e. The van der Waals surface area contributed by atoms with Crippen LogP contribution in [0.5, 0.6) is 0 Å². The summed E-state index contributed by atoms with van der Waals surface area (Å²) in [6.45, 7) is 1.77. The van der Waals surface area contributed by atoms with Crippen molar-refractivity contribution in [2.24, 2.45) is 0 Å². The van der Waals surface area contributed by atoms with Crippen molar-refractivity contribution in [2.45, 2.75) is 18.4 Å². The molecule has 0 fully saturated rings. The van der Waals surface area contributed by atoms with E-state index in [1.165, 1.54) is 11.3 Å². The summed E-state index contributed by atoms with van der Waals surface area (Å²) in [4.78, 5) is 14.6. The van der Waals surface area contributed by atoms with Crippen molar-refractivity contribution in [3.63, 3.8) is 0 Å². The monoisotopic (exact) mass is 330 g/mol. The molecule has 2 rings (SSSR count). The normalized spacial score (nSPS) is 11.5. The number of carbonyl (C=O) groups is 1. The molecule has 0 amide bonds. The average molecular weight is 330 g/mol. The minimum Gasteiger partial charge on any atom is -0.478 e. The van der Waals surface area contributed by atoms with Crippen LogP contribution in [-0.4, -0.2) is 24.5 Å². The van der Waals surface area contributed by atoms with Gasteiger partial charge in [0.1, 0.15) is 10.8 Å². The Labute approximate surface area is 124 Å². The number of benzene rings is 1. The number of aromatic carboxylic acids is 1. The van der Waals surface area contributed by atoms with Gasteiger partial charge in [-0.2, -0.15) is 0 Å². The summed E-state index contributed by atoms with van der Waals surface area (Å²) in [7, 11) is -3.94. The van der Waals surface area contributed by atoms with Gasteiger partial charge in [-0.05, 0) is 25.1 Å². The first-order chi connectivity index (χ1) is 9.79. The molecule has 9 heteroatoms. The molecule has 21 heavy (non-hydrogen) atoms. The molecular formula is C12H11FN2O4S2. The van der Waals surface area contributed by atoms with E-state index >= 15 is 0 Å². The maximum Gasteiger partial charge on any atom is 0.338 e. The van der Waals surface area contributed by atoms with E-state index in [9.17, 15) is 17.6 Å². The van der Waals surface area contributed by atoms with Gasteiger partial charge < -0.3 is 5.11 Å². The van der Waals surface area contributed by atoms with Crippen LogP contribution in [0.25, 0.3) is 0 Å². The third-order valence-electron chi connectivity index (χ3n) is 2.56. The topological polar surface area (TPSA) is 96.4 Å². The number of thiazole rings is 1. The van der Waals surface area contributed by atoms with Crippen molar-refractivity contribution < 1.29 is 22.7 Å². The van der Waals surface area contributed by atoms with Crippen molar-refractivity contribution in [1.29, 1.82) is 0 Å². The van der Waals surface area contributed by atoms with Gasteiger partial charge in [0, 0.05) is 11.1 Å². The van der Waals surface area contributed by atoms with E-state index in [-0.39, 0.29) is 11.4 Å². The molecule has 1 aromatic carbocycles. The third-order valence-corrected chi connectivity index (χ3v) is 4.92. The number of hydrogen-bond acceptors (Lipinski definition) is 5. The van der Waals surface area contributed by atoms with E-state index < -0.39 is 27.4 Å². The number of carboxylic acids is 1. The van der Waals surface area contributed by atoms with E-state index in [2.05, 4.69) is 9.71 Å². The molecule has 6 nitrogen and oxygen atoms in total. The lowest BCUT2D eigenvalue weighted by Crippen LogP contribution is -2.23. The van der Waals surface area contributed by atoms with Crippen LogP contribution < -0.4 is 4.72 Å². The largest absolute Gasteiger partial charge is 0.478 e. The van der Waals surface area contributed by atoms with Crippen LogP contribution in [0.15, 0.2) is 28.5 Å². The molecule has 2 aromatic rings. The first-order valence-electron chi connectivity index (χ1n) is 5.73. The van der Waals surface area contributed by atoms with Crippen LogP contribution in [0, 0.1) is 12.7 Å². The fraction of sp³-hybridized carbons (Fsp3) is 0.167. The average Bonchev–Trinajstić information content (AvgIpc) is 2.82. The molecule has 0 spiro atoms. The van der Waals surface area contributed by atoms with Crippen molar-refractivity contribution in [3.8, 4) is 0 Å². The van der Waals surface area contributed by atoms with Gasteiger partial charge in [0.2, 0.25) is 10.0 Å². The Hall–Kier alpha value is -1.84. The number of aromatic nitrogens is 1. The lowest BCUT2D eigenvalue weighted by atomic mass is 10.2. The molecular weight excluding hydrogens is 319 g/mol. The standard InChI is InChI=1S/C12H11FN2O4S2/c1-7-6-20-11(15-7)5-14-21(18,19)8-2-3-10(13)9(4-8)12(16)17/h2-4,6,14H,5H2,1H3,(H,16,17). The lowest BCUT2D eigenvalue weighted by molar-refractivity contribution is 0.0691. The zero-order chi connectivity index (χ0) is 15.6. The fourth-order valence-corrected chi connectivity index (χ4v) is 3.38. The highest BCUT2D eigenvalue weighted by atomic mass is 32.2. The van der Waals surface area contributed by atoms with Gasteiger partial charge in [-0.25, -0.2) is 27.3 Å².